The number of ether oxygens (including phenoxy) is 1. The van der Waals surface area contributed by atoms with Gasteiger partial charge in [-0.1, -0.05) is 24.3 Å². The molecule has 5 heteroatoms. The van der Waals surface area contributed by atoms with Gasteiger partial charge in [0.25, 0.3) is 0 Å². The van der Waals surface area contributed by atoms with Crippen LogP contribution in [0.5, 0.6) is 5.75 Å². The normalized spacial score (nSPS) is 17.5. The molecule has 3 rings (SSSR count). The molecular weight excluding hydrogens is 280 g/mol. The van der Waals surface area contributed by atoms with Crippen LogP contribution >= 0.6 is 0 Å². The summed E-state index contributed by atoms with van der Waals surface area (Å²) >= 11 is 0. The highest BCUT2D eigenvalue weighted by Gasteiger charge is 2.26. The Bertz CT molecular complexity index is 645. The summed E-state index contributed by atoms with van der Waals surface area (Å²) in [4.78, 5) is 17.4. The van der Waals surface area contributed by atoms with Gasteiger partial charge in [0.1, 0.15) is 18.2 Å². The van der Waals surface area contributed by atoms with Gasteiger partial charge in [-0.15, -0.1) is 0 Å². The van der Waals surface area contributed by atoms with Crippen molar-refractivity contribution < 1.29 is 14.6 Å². The topological polar surface area (TPSA) is 62.7 Å². The van der Waals surface area contributed by atoms with Gasteiger partial charge in [-0.2, -0.15) is 0 Å². The molecule has 1 aromatic carbocycles. The van der Waals surface area contributed by atoms with Gasteiger partial charge in [-0.3, -0.25) is 0 Å². The molecule has 114 valence electrons. The molecule has 2 aromatic rings. The van der Waals surface area contributed by atoms with Crippen molar-refractivity contribution in [1.82, 2.24) is 4.98 Å². The summed E-state index contributed by atoms with van der Waals surface area (Å²) in [6, 6.07) is 15.0. The number of carboxylic acids is 1. The maximum atomic E-state index is 11.1. The highest BCUT2D eigenvalue weighted by Crippen LogP contribution is 2.25. The van der Waals surface area contributed by atoms with Crippen LogP contribution in [-0.4, -0.2) is 35.3 Å². The van der Waals surface area contributed by atoms with Gasteiger partial charge in [0, 0.05) is 6.54 Å². The zero-order valence-electron chi connectivity index (χ0n) is 12.2. The number of carboxylic acid groups (broad SMARTS) is 1. The number of benzene rings is 1. The number of aromatic nitrogens is 1. The first kappa shape index (κ1) is 14.4. The van der Waals surface area contributed by atoms with E-state index in [1.54, 1.807) is 6.07 Å². The Morgan fingerprint density at radius 1 is 1.23 bits per heavy atom. The van der Waals surface area contributed by atoms with Gasteiger partial charge in [0.15, 0.2) is 5.69 Å². The lowest BCUT2D eigenvalue weighted by molar-refractivity contribution is 0.0690. The summed E-state index contributed by atoms with van der Waals surface area (Å²) in [5.41, 5.74) is 0.0760. The molecule has 1 aromatic heterocycles. The molecule has 0 aliphatic carbocycles. The number of hydrogen-bond acceptors (Lipinski definition) is 4. The van der Waals surface area contributed by atoms with Crippen LogP contribution in [0.1, 0.15) is 23.3 Å². The first-order chi connectivity index (χ1) is 10.7. The number of rotatable bonds is 5. The fourth-order valence-electron chi connectivity index (χ4n) is 2.72. The number of aromatic carboxylic acids is 1. The highest BCUT2D eigenvalue weighted by molar-refractivity contribution is 5.85. The standard InChI is InChI=1S/C17H18N2O3/c20-17(21)15-9-4-10-16(18-15)19-11-5-6-13(19)12-22-14-7-2-1-3-8-14/h1-4,7-10,13H,5-6,11-12H2,(H,20,21)/t13-/m0/s1. The van der Waals surface area contributed by atoms with Gasteiger partial charge in [0.05, 0.1) is 6.04 Å². The Labute approximate surface area is 129 Å². The average Bonchev–Trinajstić information content (AvgIpc) is 3.02. The summed E-state index contributed by atoms with van der Waals surface area (Å²) in [6.45, 7) is 1.45. The minimum atomic E-state index is -1.00. The first-order valence-corrected chi connectivity index (χ1v) is 7.39. The molecule has 1 atom stereocenters. The van der Waals surface area contributed by atoms with Crippen molar-refractivity contribution in [3.05, 3.63) is 54.2 Å². The van der Waals surface area contributed by atoms with Crippen molar-refractivity contribution in [2.45, 2.75) is 18.9 Å². The molecule has 1 fully saturated rings. The molecule has 1 aliphatic heterocycles. The van der Waals surface area contributed by atoms with Crippen LogP contribution in [0.15, 0.2) is 48.5 Å². The lowest BCUT2D eigenvalue weighted by Gasteiger charge is -2.26. The van der Waals surface area contributed by atoms with Gasteiger partial charge < -0.3 is 14.7 Å². The summed E-state index contributed by atoms with van der Waals surface area (Å²) < 4.78 is 5.83. The Kier molecular flexibility index (Phi) is 4.23. The number of para-hydroxylation sites is 1. The number of carbonyl (C=O) groups is 1. The molecule has 0 unspecified atom stereocenters. The van der Waals surface area contributed by atoms with Crippen LogP contribution in [-0.2, 0) is 0 Å². The van der Waals surface area contributed by atoms with Crippen molar-refractivity contribution in [2.24, 2.45) is 0 Å². The van der Waals surface area contributed by atoms with Crippen LogP contribution in [0.2, 0.25) is 0 Å². The number of anilines is 1. The maximum absolute atomic E-state index is 11.1. The van der Waals surface area contributed by atoms with Crippen LogP contribution in [0.3, 0.4) is 0 Å². The largest absolute Gasteiger partial charge is 0.491 e. The second-order valence-corrected chi connectivity index (χ2v) is 5.30. The van der Waals surface area contributed by atoms with E-state index in [2.05, 4.69) is 9.88 Å². The van der Waals surface area contributed by atoms with E-state index in [0.717, 1.165) is 25.1 Å². The molecule has 0 radical (unpaired) electrons. The Morgan fingerprint density at radius 2 is 2.05 bits per heavy atom. The van der Waals surface area contributed by atoms with Crippen molar-refractivity contribution >= 4 is 11.8 Å². The number of pyridine rings is 1. The SMILES string of the molecule is O=C(O)c1cccc(N2CCC[C@H]2COc2ccccc2)n1. The van der Waals surface area contributed by atoms with E-state index < -0.39 is 5.97 Å². The van der Waals surface area contributed by atoms with Gasteiger partial charge in [-0.25, -0.2) is 9.78 Å². The maximum Gasteiger partial charge on any atom is 0.354 e. The Hall–Kier alpha value is -2.56. The third-order valence-electron chi connectivity index (χ3n) is 3.81. The zero-order valence-corrected chi connectivity index (χ0v) is 12.2. The first-order valence-electron chi connectivity index (χ1n) is 7.39. The number of hydrogen-bond donors (Lipinski definition) is 1. The molecule has 0 amide bonds. The van der Waals surface area contributed by atoms with Gasteiger partial charge >= 0.3 is 5.97 Å². The van der Waals surface area contributed by atoms with Crippen molar-refractivity contribution in [3.8, 4) is 5.75 Å². The van der Waals surface area contributed by atoms with Crippen molar-refractivity contribution in [3.63, 3.8) is 0 Å². The van der Waals surface area contributed by atoms with Gasteiger partial charge in [0.2, 0.25) is 0 Å². The second-order valence-electron chi connectivity index (χ2n) is 5.30. The van der Waals surface area contributed by atoms with E-state index >= 15 is 0 Å². The molecule has 0 saturated carbocycles. The molecule has 0 spiro atoms. The zero-order chi connectivity index (χ0) is 15.4. The summed E-state index contributed by atoms with van der Waals surface area (Å²) in [5.74, 6) is 0.554. The van der Waals surface area contributed by atoms with Crippen molar-refractivity contribution in [1.29, 1.82) is 0 Å². The fraction of sp³-hybridized carbons (Fsp3) is 0.294. The summed E-state index contributed by atoms with van der Waals surface area (Å²) in [5, 5.41) is 9.06. The highest BCUT2D eigenvalue weighted by atomic mass is 16.5. The predicted molar refractivity (Wildman–Crippen MR) is 83.5 cm³/mol. The summed E-state index contributed by atoms with van der Waals surface area (Å²) in [7, 11) is 0. The van der Waals surface area contributed by atoms with Crippen LogP contribution in [0.25, 0.3) is 0 Å². The van der Waals surface area contributed by atoms with Crippen LogP contribution in [0.4, 0.5) is 5.82 Å². The molecule has 5 nitrogen and oxygen atoms in total. The summed E-state index contributed by atoms with van der Waals surface area (Å²) in [6.07, 6.45) is 2.08. The molecule has 0 bridgehead atoms. The minimum Gasteiger partial charge on any atom is -0.491 e. The number of nitrogens with zero attached hydrogens (tertiary/aromatic N) is 2. The molecule has 2 heterocycles. The second kappa shape index (κ2) is 6.47. The molecule has 1 N–H and O–H groups in total. The monoisotopic (exact) mass is 298 g/mol. The smallest absolute Gasteiger partial charge is 0.354 e. The molecular formula is C17H18N2O3. The molecule has 1 saturated heterocycles. The van der Waals surface area contributed by atoms with E-state index in [4.69, 9.17) is 9.84 Å². The third kappa shape index (κ3) is 3.19. The van der Waals surface area contributed by atoms with E-state index in [0.29, 0.717) is 12.4 Å². The molecule has 1 aliphatic rings. The van der Waals surface area contributed by atoms with E-state index in [-0.39, 0.29) is 11.7 Å². The predicted octanol–water partition coefficient (Wildman–Crippen LogP) is 2.83. The van der Waals surface area contributed by atoms with E-state index in [1.807, 2.05) is 36.4 Å². The Morgan fingerprint density at radius 3 is 2.82 bits per heavy atom. The third-order valence-corrected chi connectivity index (χ3v) is 3.81. The lowest BCUT2D eigenvalue weighted by Crippen LogP contribution is -2.35. The van der Waals surface area contributed by atoms with E-state index in [9.17, 15) is 4.79 Å². The molecule has 22 heavy (non-hydrogen) atoms. The van der Waals surface area contributed by atoms with Crippen molar-refractivity contribution in [2.75, 3.05) is 18.1 Å². The van der Waals surface area contributed by atoms with Gasteiger partial charge in [-0.05, 0) is 37.1 Å². The quantitative estimate of drug-likeness (QED) is 0.919. The minimum absolute atomic E-state index is 0.0760. The van der Waals surface area contributed by atoms with Crippen LogP contribution in [0, 0.1) is 0 Å². The van der Waals surface area contributed by atoms with E-state index in [1.165, 1.54) is 6.07 Å². The van der Waals surface area contributed by atoms with Crippen LogP contribution < -0.4 is 9.64 Å². The average molecular weight is 298 g/mol. The fourth-order valence-corrected chi connectivity index (χ4v) is 2.72. The Balaban J connectivity index is 1.70. The lowest BCUT2D eigenvalue weighted by atomic mass is 10.2.